The number of aryl methyl sites for hydroxylation is 1. The van der Waals surface area contributed by atoms with Gasteiger partial charge in [0.25, 0.3) is 5.56 Å². The van der Waals surface area contributed by atoms with Gasteiger partial charge in [-0.05, 0) is 54.4 Å². The average Bonchev–Trinajstić information content (AvgIpc) is 3.14. The molecule has 0 unspecified atom stereocenters. The fourth-order valence-corrected chi connectivity index (χ4v) is 4.27. The Morgan fingerprint density at radius 2 is 1.64 bits per heavy atom. The fraction of sp³-hybridized carbons (Fsp3) is 0.185. The quantitative estimate of drug-likeness (QED) is 0.382. The zero-order valence-corrected chi connectivity index (χ0v) is 18.9. The topological polar surface area (TPSA) is 58.3 Å². The van der Waals surface area contributed by atoms with Crippen molar-refractivity contribution in [3.8, 4) is 11.5 Å². The Kier molecular flexibility index (Phi) is 5.34. The van der Waals surface area contributed by atoms with Gasteiger partial charge in [-0.25, -0.2) is 4.98 Å². The van der Waals surface area contributed by atoms with Crippen molar-refractivity contribution in [2.45, 2.75) is 20.0 Å². The zero-order valence-electron chi connectivity index (χ0n) is 18.9. The Balaban J connectivity index is 1.67. The van der Waals surface area contributed by atoms with E-state index in [9.17, 15) is 4.79 Å². The minimum absolute atomic E-state index is 0.0624. The highest BCUT2D eigenvalue weighted by Gasteiger charge is 2.17. The van der Waals surface area contributed by atoms with Gasteiger partial charge in [-0.15, -0.1) is 0 Å². The van der Waals surface area contributed by atoms with Crippen LogP contribution in [0.1, 0.15) is 16.7 Å². The van der Waals surface area contributed by atoms with Crippen molar-refractivity contribution in [2.24, 2.45) is 0 Å². The van der Waals surface area contributed by atoms with Crippen molar-refractivity contribution < 1.29 is 9.47 Å². The molecular formula is C27H25N3O3. The van der Waals surface area contributed by atoms with E-state index in [0.717, 1.165) is 44.6 Å². The molecule has 3 aromatic carbocycles. The van der Waals surface area contributed by atoms with Crippen LogP contribution < -0.4 is 15.0 Å². The molecule has 0 aliphatic rings. The van der Waals surface area contributed by atoms with Crippen LogP contribution in [0.25, 0.3) is 21.9 Å². The number of hydrogen-bond donors (Lipinski definition) is 0. The molecule has 6 nitrogen and oxygen atoms in total. The Hall–Kier alpha value is -4.06. The molecule has 2 heterocycles. The van der Waals surface area contributed by atoms with Gasteiger partial charge in [-0.3, -0.25) is 9.36 Å². The summed E-state index contributed by atoms with van der Waals surface area (Å²) < 4.78 is 14.4. The predicted octanol–water partition coefficient (Wildman–Crippen LogP) is 4.77. The lowest BCUT2D eigenvalue weighted by Gasteiger charge is -2.10. The van der Waals surface area contributed by atoms with Gasteiger partial charge in [0.1, 0.15) is 22.5 Å². The average molecular weight is 440 g/mol. The SMILES string of the molecule is COc1ccc(Cn2cnc3c4cc(C)ccc4n(Cc4cccc(OC)c4)c3c2=O)cc1. The Labute approximate surface area is 191 Å². The molecule has 0 aliphatic carbocycles. The van der Waals surface area contributed by atoms with Gasteiger partial charge in [0.05, 0.1) is 32.6 Å². The molecule has 0 fully saturated rings. The highest BCUT2D eigenvalue weighted by atomic mass is 16.5. The van der Waals surface area contributed by atoms with E-state index in [1.165, 1.54) is 0 Å². The summed E-state index contributed by atoms with van der Waals surface area (Å²) in [5.41, 5.74) is 5.45. The lowest BCUT2D eigenvalue weighted by molar-refractivity contribution is 0.414. The van der Waals surface area contributed by atoms with Crippen molar-refractivity contribution in [1.29, 1.82) is 0 Å². The highest BCUT2D eigenvalue weighted by molar-refractivity contribution is 6.05. The molecule has 0 N–H and O–H groups in total. The van der Waals surface area contributed by atoms with Gasteiger partial charge in [-0.1, -0.05) is 35.9 Å². The van der Waals surface area contributed by atoms with Crippen LogP contribution in [0, 0.1) is 6.92 Å². The van der Waals surface area contributed by atoms with Gasteiger partial charge in [0.2, 0.25) is 0 Å². The Bertz CT molecular complexity index is 1510. The summed E-state index contributed by atoms with van der Waals surface area (Å²) in [7, 11) is 3.30. The third-order valence-corrected chi connectivity index (χ3v) is 5.97. The standard InChI is InChI=1S/C27H25N3O3/c1-18-7-12-24-23(13-18)25-26(30(24)16-20-5-4-6-22(14-20)33-3)27(31)29(17-28-25)15-19-8-10-21(32-2)11-9-19/h4-14,17H,15-16H2,1-3H3. The second-order valence-corrected chi connectivity index (χ2v) is 8.18. The van der Waals surface area contributed by atoms with Crippen LogP contribution in [-0.4, -0.2) is 28.3 Å². The zero-order chi connectivity index (χ0) is 22.9. The monoisotopic (exact) mass is 439 g/mol. The molecule has 0 saturated carbocycles. The molecule has 6 heteroatoms. The predicted molar refractivity (Wildman–Crippen MR) is 130 cm³/mol. The molecule has 33 heavy (non-hydrogen) atoms. The molecule has 166 valence electrons. The second kappa shape index (κ2) is 8.47. The maximum absolute atomic E-state index is 13.7. The normalized spacial score (nSPS) is 11.2. The van der Waals surface area contributed by atoms with E-state index in [1.807, 2.05) is 48.5 Å². The van der Waals surface area contributed by atoms with E-state index >= 15 is 0 Å². The summed E-state index contributed by atoms with van der Waals surface area (Å²) in [5, 5.41) is 0.988. The third kappa shape index (κ3) is 3.84. The number of hydrogen-bond acceptors (Lipinski definition) is 4. The summed E-state index contributed by atoms with van der Waals surface area (Å²) in [5.74, 6) is 1.58. The summed E-state index contributed by atoms with van der Waals surface area (Å²) in [4.78, 5) is 18.4. The van der Waals surface area contributed by atoms with E-state index in [1.54, 1.807) is 25.1 Å². The maximum Gasteiger partial charge on any atom is 0.278 e. The summed E-state index contributed by atoms with van der Waals surface area (Å²) in [6.45, 7) is 3.03. The number of methoxy groups -OCH3 is 2. The first kappa shape index (κ1) is 20.8. The van der Waals surface area contributed by atoms with Gasteiger partial charge < -0.3 is 14.0 Å². The first-order valence-corrected chi connectivity index (χ1v) is 10.8. The molecular weight excluding hydrogens is 414 g/mol. The Morgan fingerprint density at radius 1 is 0.848 bits per heavy atom. The lowest BCUT2D eigenvalue weighted by atomic mass is 10.1. The fourth-order valence-electron chi connectivity index (χ4n) is 4.27. The minimum atomic E-state index is -0.0624. The van der Waals surface area contributed by atoms with Crippen LogP contribution >= 0.6 is 0 Å². The van der Waals surface area contributed by atoms with Gasteiger partial charge >= 0.3 is 0 Å². The number of fused-ring (bicyclic) bond motifs is 3. The Morgan fingerprint density at radius 3 is 2.39 bits per heavy atom. The largest absolute Gasteiger partial charge is 0.497 e. The number of benzene rings is 3. The number of ether oxygens (including phenoxy) is 2. The van der Waals surface area contributed by atoms with E-state index in [4.69, 9.17) is 14.5 Å². The van der Waals surface area contributed by atoms with E-state index in [0.29, 0.717) is 18.6 Å². The molecule has 5 aromatic rings. The van der Waals surface area contributed by atoms with E-state index < -0.39 is 0 Å². The van der Waals surface area contributed by atoms with Crippen molar-refractivity contribution in [3.05, 3.63) is 100 Å². The molecule has 0 amide bonds. The van der Waals surface area contributed by atoms with Crippen LogP contribution in [0.2, 0.25) is 0 Å². The lowest BCUT2D eigenvalue weighted by Crippen LogP contribution is -2.23. The smallest absolute Gasteiger partial charge is 0.278 e. The molecule has 0 atom stereocenters. The van der Waals surface area contributed by atoms with Gasteiger partial charge in [-0.2, -0.15) is 0 Å². The van der Waals surface area contributed by atoms with Crippen LogP contribution in [-0.2, 0) is 13.1 Å². The second-order valence-electron chi connectivity index (χ2n) is 8.18. The van der Waals surface area contributed by atoms with E-state index in [-0.39, 0.29) is 5.56 Å². The first-order valence-electron chi connectivity index (χ1n) is 10.8. The summed E-state index contributed by atoms with van der Waals surface area (Å²) >= 11 is 0. The first-order chi connectivity index (χ1) is 16.1. The minimum Gasteiger partial charge on any atom is -0.497 e. The molecule has 0 aliphatic heterocycles. The van der Waals surface area contributed by atoms with Crippen molar-refractivity contribution in [1.82, 2.24) is 14.1 Å². The number of aromatic nitrogens is 3. The van der Waals surface area contributed by atoms with Crippen LogP contribution in [0.4, 0.5) is 0 Å². The number of rotatable bonds is 6. The third-order valence-electron chi connectivity index (χ3n) is 5.97. The molecule has 0 spiro atoms. The van der Waals surface area contributed by atoms with Gasteiger partial charge in [0, 0.05) is 11.9 Å². The molecule has 0 radical (unpaired) electrons. The molecule has 0 bridgehead atoms. The van der Waals surface area contributed by atoms with Crippen LogP contribution in [0.15, 0.2) is 77.9 Å². The van der Waals surface area contributed by atoms with Crippen LogP contribution in [0.3, 0.4) is 0 Å². The van der Waals surface area contributed by atoms with Crippen molar-refractivity contribution in [3.63, 3.8) is 0 Å². The molecule has 5 rings (SSSR count). The molecule has 2 aromatic heterocycles. The summed E-state index contributed by atoms with van der Waals surface area (Å²) in [6.07, 6.45) is 1.65. The highest BCUT2D eigenvalue weighted by Crippen LogP contribution is 2.28. The number of nitrogens with zero attached hydrogens (tertiary/aromatic N) is 3. The maximum atomic E-state index is 13.7. The summed E-state index contributed by atoms with van der Waals surface area (Å²) in [6, 6.07) is 21.9. The molecule has 0 saturated heterocycles. The van der Waals surface area contributed by atoms with Crippen LogP contribution in [0.5, 0.6) is 11.5 Å². The van der Waals surface area contributed by atoms with Crippen molar-refractivity contribution in [2.75, 3.05) is 14.2 Å². The van der Waals surface area contributed by atoms with E-state index in [2.05, 4.69) is 29.7 Å². The van der Waals surface area contributed by atoms with Gasteiger partial charge in [0.15, 0.2) is 0 Å². The van der Waals surface area contributed by atoms with Crippen molar-refractivity contribution >= 4 is 21.9 Å².